The molecule has 5 heteroatoms. The lowest BCUT2D eigenvalue weighted by atomic mass is 10.1. The molecule has 5 nitrogen and oxygen atoms in total. The fourth-order valence-corrected chi connectivity index (χ4v) is 1.59. The van der Waals surface area contributed by atoms with Gasteiger partial charge in [-0.15, -0.1) is 0 Å². The van der Waals surface area contributed by atoms with Gasteiger partial charge in [-0.25, -0.2) is 4.79 Å². The molecular weight excluding hydrogens is 246 g/mol. The number of hydrogen-bond donors (Lipinski definition) is 2. The molecule has 0 bridgehead atoms. The van der Waals surface area contributed by atoms with Crippen LogP contribution < -0.4 is 0 Å². The number of rotatable bonds is 8. The minimum Gasteiger partial charge on any atom is -0.481 e. The van der Waals surface area contributed by atoms with Gasteiger partial charge in [-0.05, 0) is 24.6 Å². The van der Waals surface area contributed by atoms with E-state index in [9.17, 15) is 9.59 Å². The molecule has 0 fully saturated rings. The Morgan fingerprint density at radius 1 is 1.21 bits per heavy atom. The Bertz CT molecular complexity index is 442. The number of nitrogens with zero attached hydrogens (tertiary/aromatic N) is 1. The molecule has 102 valence electrons. The van der Waals surface area contributed by atoms with Crippen LogP contribution in [0.2, 0.25) is 0 Å². The van der Waals surface area contributed by atoms with Crippen molar-refractivity contribution in [2.24, 2.45) is 4.99 Å². The van der Waals surface area contributed by atoms with Crippen molar-refractivity contribution >= 4 is 18.2 Å². The third-order valence-corrected chi connectivity index (χ3v) is 2.57. The fourth-order valence-electron chi connectivity index (χ4n) is 1.59. The first-order chi connectivity index (χ1) is 9.09. The van der Waals surface area contributed by atoms with E-state index in [0.29, 0.717) is 19.3 Å². The average molecular weight is 263 g/mol. The van der Waals surface area contributed by atoms with Crippen LogP contribution in [-0.2, 0) is 16.0 Å². The smallest absolute Gasteiger partial charge is 0.328 e. The molecule has 0 saturated carbocycles. The van der Waals surface area contributed by atoms with E-state index in [2.05, 4.69) is 4.99 Å². The summed E-state index contributed by atoms with van der Waals surface area (Å²) in [6.45, 7) is 0. The van der Waals surface area contributed by atoms with Crippen molar-refractivity contribution in [1.29, 1.82) is 0 Å². The van der Waals surface area contributed by atoms with Gasteiger partial charge < -0.3 is 10.2 Å². The van der Waals surface area contributed by atoms with Crippen molar-refractivity contribution in [3.8, 4) is 0 Å². The highest BCUT2D eigenvalue weighted by molar-refractivity contribution is 5.76. The van der Waals surface area contributed by atoms with Crippen LogP contribution in [0.5, 0.6) is 0 Å². The quantitative estimate of drug-likeness (QED) is 0.554. The first-order valence-electron chi connectivity index (χ1n) is 6.09. The van der Waals surface area contributed by atoms with Crippen molar-refractivity contribution in [3.05, 3.63) is 35.9 Å². The lowest BCUT2D eigenvalue weighted by Crippen LogP contribution is -2.20. The van der Waals surface area contributed by atoms with Crippen LogP contribution in [0.4, 0.5) is 0 Å². The third-order valence-electron chi connectivity index (χ3n) is 2.57. The van der Waals surface area contributed by atoms with Crippen molar-refractivity contribution < 1.29 is 19.8 Å². The SMILES string of the molecule is O=C(O)CCCC=NC(Cc1ccccc1)C(=O)O. The fraction of sp³-hybridized carbons (Fsp3) is 0.357. The Kier molecular flexibility index (Phi) is 6.29. The molecule has 1 aromatic carbocycles. The van der Waals surface area contributed by atoms with E-state index < -0.39 is 18.0 Å². The zero-order valence-electron chi connectivity index (χ0n) is 10.5. The molecule has 1 aromatic rings. The summed E-state index contributed by atoms with van der Waals surface area (Å²) in [6.07, 6.45) is 2.86. The van der Waals surface area contributed by atoms with Gasteiger partial charge in [0.1, 0.15) is 0 Å². The second kappa shape index (κ2) is 8.02. The number of carboxylic acids is 2. The Morgan fingerprint density at radius 3 is 2.47 bits per heavy atom. The molecule has 0 spiro atoms. The molecule has 2 N–H and O–H groups in total. The van der Waals surface area contributed by atoms with Gasteiger partial charge in [0.15, 0.2) is 6.04 Å². The Morgan fingerprint density at radius 2 is 1.89 bits per heavy atom. The second-order valence-corrected chi connectivity index (χ2v) is 4.16. The van der Waals surface area contributed by atoms with Gasteiger partial charge in [0.2, 0.25) is 0 Å². The highest BCUT2D eigenvalue weighted by Gasteiger charge is 2.15. The van der Waals surface area contributed by atoms with Gasteiger partial charge in [-0.1, -0.05) is 30.3 Å². The molecule has 19 heavy (non-hydrogen) atoms. The summed E-state index contributed by atoms with van der Waals surface area (Å²) in [6, 6.07) is 8.47. The highest BCUT2D eigenvalue weighted by atomic mass is 16.4. The lowest BCUT2D eigenvalue weighted by Gasteiger charge is -2.07. The molecule has 0 saturated heterocycles. The van der Waals surface area contributed by atoms with Crippen LogP contribution in [0.3, 0.4) is 0 Å². The van der Waals surface area contributed by atoms with Gasteiger partial charge in [-0.3, -0.25) is 9.79 Å². The van der Waals surface area contributed by atoms with Gasteiger partial charge in [-0.2, -0.15) is 0 Å². The Balaban J connectivity index is 2.47. The predicted molar refractivity (Wildman–Crippen MR) is 71.5 cm³/mol. The highest BCUT2D eigenvalue weighted by Crippen LogP contribution is 2.06. The standard InChI is InChI=1S/C14H17NO4/c16-13(17)8-4-5-9-15-12(14(18)19)10-11-6-2-1-3-7-11/h1-3,6-7,9,12H,4-5,8,10H2,(H,16,17)(H,18,19). The second-order valence-electron chi connectivity index (χ2n) is 4.16. The lowest BCUT2D eigenvalue weighted by molar-refractivity contribution is -0.139. The van der Waals surface area contributed by atoms with Gasteiger partial charge in [0, 0.05) is 12.8 Å². The molecular formula is C14H17NO4. The van der Waals surface area contributed by atoms with Crippen LogP contribution in [0.1, 0.15) is 24.8 Å². The average Bonchev–Trinajstić information content (AvgIpc) is 2.37. The van der Waals surface area contributed by atoms with Crippen LogP contribution in [0.25, 0.3) is 0 Å². The molecule has 0 aliphatic rings. The third kappa shape index (κ3) is 6.35. The van der Waals surface area contributed by atoms with Crippen LogP contribution in [-0.4, -0.2) is 34.4 Å². The zero-order valence-corrected chi connectivity index (χ0v) is 10.5. The first kappa shape index (κ1) is 14.9. The van der Waals surface area contributed by atoms with Crippen molar-refractivity contribution in [1.82, 2.24) is 0 Å². The van der Waals surface area contributed by atoms with E-state index in [4.69, 9.17) is 10.2 Å². The molecule has 0 aliphatic heterocycles. The number of carboxylic acid groups (broad SMARTS) is 2. The minimum atomic E-state index is -0.974. The van der Waals surface area contributed by atoms with E-state index >= 15 is 0 Å². The summed E-state index contributed by atoms with van der Waals surface area (Å²) in [5, 5.41) is 17.5. The normalized spacial score (nSPS) is 12.4. The molecule has 1 atom stereocenters. The summed E-state index contributed by atoms with van der Waals surface area (Å²) < 4.78 is 0. The molecule has 0 heterocycles. The summed E-state index contributed by atoms with van der Waals surface area (Å²) in [7, 11) is 0. The number of aliphatic imine (C=N–C) groups is 1. The topological polar surface area (TPSA) is 87.0 Å². The molecule has 0 aromatic heterocycles. The monoisotopic (exact) mass is 263 g/mol. The molecule has 1 unspecified atom stereocenters. The van der Waals surface area contributed by atoms with Gasteiger partial charge in [0.25, 0.3) is 0 Å². The predicted octanol–water partition coefficient (Wildman–Crippen LogP) is 2.01. The largest absolute Gasteiger partial charge is 0.481 e. The van der Waals surface area contributed by atoms with Crippen LogP contribution in [0, 0.1) is 0 Å². The van der Waals surface area contributed by atoms with E-state index in [0.717, 1.165) is 5.56 Å². The maximum atomic E-state index is 11.1. The number of carbonyl (C=O) groups is 2. The number of unbranched alkanes of at least 4 members (excludes halogenated alkanes) is 1. The van der Waals surface area contributed by atoms with Crippen LogP contribution >= 0.6 is 0 Å². The maximum Gasteiger partial charge on any atom is 0.328 e. The summed E-state index contributed by atoms with van der Waals surface area (Å²) in [5.74, 6) is -1.83. The first-order valence-corrected chi connectivity index (χ1v) is 6.09. The van der Waals surface area contributed by atoms with Crippen molar-refractivity contribution in [2.75, 3.05) is 0 Å². The Hall–Kier alpha value is -2.17. The number of benzene rings is 1. The summed E-state index contributed by atoms with van der Waals surface area (Å²) >= 11 is 0. The molecule has 0 radical (unpaired) electrons. The van der Waals surface area contributed by atoms with E-state index in [1.165, 1.54) is 6.21 Å². The number of hydrogen-bond acceptors (Lipinski definition) is 3. The molecule has 1 rings (SSSR count). The van der Waals surface area contributed by atoms with E-state index in [-0.39, 0.29) is 6.42 Å². The van der Waals surface area contributed by atoms with E-state index in [1.54, 1.807) is 0 Å². The molecule has 0 aliphatic carbocycles. The van der Waals surface area contributed by atoms with Crippen molar-refractivity contribution in [2.45, 2.75) is 31.7 Å². The minimum absolute atomic E-state index is 0.0719. The number of aliphatic carboxylic acids is 2. The van der Waals surface area contributed by atoms with Gasteiger partial charge >= 0.3 is 11.9 Å². The zero-order chi connectivity index (χ0) is 14.1. The summed E-state index contributed by atoms with van der Waals surface area (Å²) in [4.78, 5) is 25.4. The molecule has 0 amide bonds. The van der Waals surface area contributed by atoms with Gasteiger partial charge in [0.05, 0.1) is 0 Å². The van der Waals surface area contributed by atoms with Crippen molar-refractivity contribution in [3.63, 3.8) is 0 Å². The maximum absolute atomic E-state index is 11.1. The summed E-state index contributed by atoms with van der Waals surface area (Å²) in [5.41, 5.74) is 0.914. The Labute approximate surface area is 111 Å². The van der Waals surface area contributed by atoms with E-state index in [1.807, 2.05) is 30.3 Å². The van der Waals surface area contributed by atoms with Crippen LogP contribution in [0.15, 0.2) is 35.3 Å².